The van der Waals surface area contributed by atoms with E-state index in [0.29, 0.717) is 23.8 Å². The highest BCUT2D eigenvalue weighted by atomic mass is 16.5. The first-order chi connectivity index (χ1) is 15.2. The molecular formula is C27H24N2O2. The average molecular weight is 409 g/mol. The number of ether oxygens (including phenoxy) is 1. The fourth-order valence-electron chi connectivity index (χ4n) is 4.46. The molecule has 31 heavy (non-hydrogen) atoms. The summed E-state index contributed by atoms with van der Waals surface area (Å²) in [4.78, 5) is 17.9. The molecule has 1 aromatic heterocycles. The van der Waals surface area contributed by atoms with Crippen LogP contribution >= 0.6 is 0 Å². The van der Waals surface area contributed by atoms with E-state index in [-0.39, 0.29) is 12.0 Å². The Hall–Kier alpha value is -3.50. The van der Waals surface area contributed by atoms with Gasteiger partial charge in [0.1, 0.15) is 0 Å². The topological polar surface area (TPSA) is 51.2 Å². The third-order valence-electron chi connectivity index (χ3n) is 6.03. The number of para-hydroxylation sites is 1. The summed E-state index contributed by atoms with van der Waals surface area (Å²) in [6.07, 6.45) is 2.51. The Bertz CT molecular complexity index is 1230. The fourth-order valence-corrected chi connectivity index (χ4v) is 4.46. The van der Waals surface area contributed by atoms with Gasteiger partial charge in [0.15, 0.2) is 0 Å². The molecule has 4 heteroatoms. The summed E-state index contributed by atoms with van der Waals surface area (Å²) in [5.74, 6) is 0.211. The highest BCUT2D eigenvalue weighted by Gasteiger charge is 2.31. The molecule has 2 atom stereocenters. The number of nitrogens with one attached hydrogen (secondary N) is 1. The third kappa shape index (κ3) is 3.82. The first kappa shape index (κ1) is 19.5. The Morgan fingerprint density at radius 1 is 0.968 bits per heavy atom. The fraction of sp³-hybridized carbons (Fsp3) is 0.185. The first-order valence-electron chi connectivity index (χ1n) is 10.6. The molecule has 4 nitrogen and oxygen atoms in total. The molecule has 1 saturated heterocycles. The van der Waals surface area contributed by atoms with Crippen LogP contribution in [0.15, 0.2) is 85.1 Å². The molecule has 2 heterocycles. The number of rotatable bonds is 4. The maximum atomic E-state index is 13.4. The van der Waals surface area contributed by atoms with Crippen LogP contribution in [0, 0.1) is 6.92 Å². The number of carbonyl (C=O) groups excluding carboxylic acids is 1. The van der Waals surface area contributed by atoms with Gasteiger partial charge in [-0.15, -0.1) is 0 Å². The SMILES string of the molecule is Cc1cccc(C2CC(c3ccccc3)CO2)c1C(=O)Nc1cccc2cccnc12. The predicted octanol–water partition coefficient (Wildman–Crippen LogP) is 6.04. The second kappa shape index (κ2) is 8.32. The van der Waals surface area contributed by atoms with Crippen LogP contribution in [0.2, 0.25) is 0 Å². The normalized spacial score (nSPS) is 18.2. The van der Waals surface area contributed by atoms with Crippen molar-refractivity contribution in [2.24, 2.45) is 0 Å². The summed E-state index contributed by atoms with van der Waals surface area (Å²) in [6, 6.07) is 26.1. The van der Waals surface area contributed by atoms with Crippen molar-refractivity contribution in [2.45, 2.75) is 25.4 Å². The van der Waals surface area contributed by atoms with Crippen LogP contribution in [0.4, 0.5) is 5.69 Å². The number of amides is 1. The highest BCUT2D eigenvalue weighted by Crippen LogP contribution is 2.40. The molecule has 3 aromatic carbocycles. The highest BCUT2D eigenvalue weighted by molar-refractivity contribution is 6.09. The molecule has 0 bridgehead atoms. The van der Waals surface area contributed by atoms with Crippen LogP contribution in [0.3, 0.4) is 0 Å². The molecule has 5 rings (SSSR count). The zero-order chi connectivity index (χ0) is 21.2. The Labute approximate surface area is 181 Å². The van der Waals surface area contributed by atoms with Crippen molar-refractivity contribution in [3.8, 4) is 0 Å². The number of carbonyl (C=O) groups is 1. The molecule has 1 fully saturated rings. The average Bonchev–Trinajstić information content (AvgIpc) is 3.30. The molecule has 0 radical (unpaired) electrons. The Morgan fingerprint density at radius 2 is 1.77 bits per heavy atom. The maximum absolute atomic E-state index is 13.4. The van der Waals surface area contributed by atoms with Gasteiger partial charge in [-0.2, -0.15) is 0 Å². The van der Waals surface area contributed by atoms with E-state index >= 15 is 0 Å². The number of nitrogens with zero attached hydrogens (tertiary/aromatic N) is 1. The van der Waals surface area contributed by atoms with Crippen molar-refractivity contribution in [3.63, 3.8) is 0 Å². The van der Waals surface area contributed by atoms with Crippen LogP contribution in [0.1, 0.15) is 45.5 Å². The van der Waals surface area contributed by atoms with Crippen molar-refractivity contribution < 1.29 is 9.53 Å². The molecule has 0 aliphatic carbocycles. The summed E-state index contributed by atoms with van der Waals surface area (Å²) < 4.78 is 6.18. The molecular weight excluding hydrogens is 384 g/mol. The standard InChI is InChI=1S/C27H24N2O2/c1-18-8-5-13-22(24-16-21(17-31-24)19-9-3-2-4-10-19)25(18)27(30)29-23-14-6-11-20-12-7-15-28-26(20)23/h2-15,21,24H,16-17H2,1H3,(H,29,30). The summed E-state index contributed by atoms with van der Waals surface area (Å²) in [6.45, 7) is 2.64. The number of hydrogen-bond acceptors (Lipinski definition) is 3. The number of aryl methyl sites for hydroxylation is 1. The van der Waals surface area contributed by atoms with Crippen molar-refractivity contribution >= 4 is 22.5 Å². The van der Waals surface area contributed by atoms with E-state index in [9.17, 15) is 4.79 Å². The quantitative estimate of drug-likeness (QED) is 0.448. The van der Waals surface area contributed by atoms with Crippen molar-refractivity contribution in [2.75, 3.05) is 11.9 Å². The van der Waals surface area contributed by atoms with Crippen LogP contribution in [0.5, 0.6) is 0 Å². The smallest absolute Gasteiger partial charge is 0.256 e. The van der Waals surface area contributed by atoms with Gasteiger partial charge in [0, 0.05) is 23.1 Å². The lowest BCUT2D eigenvalue weighted by molar-refractivity contribution is 0.0983. The van der Waals surface area contributed by atoms with E-state index in [1.165, 1.54) is 5.56 Å². The number of benzene rings is 3. The summed E-state index contributed by atoms with van der Waals surface area (Å²) in [5, 5.41) is 4.09. The van der Waals surface area contributed by atoms with Gasteiger partial charge in [-0.25, -0.2) is 0 Å². The minimum Gasteiger partial charge on any atom is -0.373 e. The zero-order valence-corrected chi connectivity index (χ0v) is 17.4. The molecule has 2 unspecified atom stereocenters. The van der Waals surface area contributed by atoms with Crippen LogP contribution in [-0.2, 0) is 4.74 Å². The monoisotopic (exact) mass is 408 g/mol. The van der Waals surface area contributed by atoms with Gasteiger partial charge in [0.05, 0.1) is 23.9 Å². The first-order valence-corrected chi connectivity index (χ1v) is 10.6. The van der Waals surface area contributed by atoms with Crippen molar-refractivity contribution in [3.05, 3.63) is 107 Å². The van der Waals surface area contributed by atoms with E-state index in [4.69, 9.17) is 4.74 Å². The van der Waals surface area contributed by atoms with Gasteiger partial charge in [-0.1, -0.05) is 66.7 Å². The minimum absolute atomic E-state index is 0.100. The van der Waals surface area contributed by atoms with Gasteiger partial charge in [0.25, 0.3) is 5.91 Å². The third-order valence-corrected chi connectivity index (χ3v) is 6.03. The van der Waals surface area contributed by atoms with E-state index in [1.54, 1.807) is 6.20 Å². The Kier molecular flexibility index (Phi) is 5.23. The Balaban J connectivity index is 1.44. The number of pyridine rings is 1. The molecule has 0 spiro atoms. The van der Waals surface area contributed by atoms with Crippen molar-refractivity contribution in [1.82, 2.24) is 4.98 Å². The van der Waals surface area contributed by atoms with Crippen LogP contribution in [-0.4, -0.2) is 17.5 Å². The Morgan fingerprint density at radius 3 is 2.65 bits per heavy atom. The van der Waals surface area contributed by atoms with Crippen LogP contribution in [0.25, 0.3) is 10.9 Å². The second-order valence-corrected chi connectivity index (χ2v) is 8.04. The maximum Gasteiger partial charge on any atom is 0.256 e. The summed E-state index contributed by atoms with van der Waals surface area (Å²) >= 11 is 0. The van der Waals surface area contributed by atoms with Gasteiger partial charge < -0.3 is 10.1 Å². The predicted molar refractivity (Wildman–Crippen MR) is 123 cm³/mol. The summed E-state index contributed by atoms with van der Waals surface area (Å²) in [7, 11) is 0. The molecule has 0 saturated carbocycles. The molecule has 4 aromatic rings. The molecule has 1 amide bonds. The van der Waals surface area contributed by atoms with Gasteiger partial charge in [0.2, 0.25) is 0 Å². The largest absolute Gasteiger partial charge is 0.373 e. The number of fused-ring (bicyclic) bond motifs is 1. The number of hydrogen-bond donors (Lipinski definition) is 1. The van der Waals surface area contributed by atoms with E-state index in [2.05, 4.69) is 34.6 Å². The zero-order valence-electron chi connectivity index (χ0n) is 17.4. The van der Waals surface area contributed by atoms with E-state index in [0.717, 1.165) is 28.5 Å². The minimum atomic E-state index is -0.127. The van der Waals surface area contributed by atoms with Gasteiger partial charge in [-0.05, 0) is 42.2 Å². The van der Waals surface area contributed by atoms with Crippen LogP contribution < -0.4 is 5.32 Å². The molecule has 1 aliphatic rings. The molecule has 1 aliphatic heterocycles. The number of anilines is 1. The van der Waals surface area contributed by atoms with Gasteiger partial charge in [-0.3, -0.25) is 9.78 Å². The lowest BCUT2D eigenvalue weighted by Crippen LogP contribution is -2.17. The summed E-state index contributed by atoms with van der Waals surface area (Å²) in [5.41, 5.74) is 5.36. The van der Waals surface area contributed by atoms with Gasteiger partial charge >= 0.3 is 0 Å². The van der Waals surface area contributed by atoms with Crippen molar-refractivity contribution in [1.29, 1.82) is 0 Å². The lowest BCUT2D eigenvalue weighted by atomic mass is 9.90. The second-order valence-electron chi connectivity index (χ2n) is 8.04. The molecule has 154 valence electrons. The van der Waals surface area contributed by atoms with E-state index < -0.39 is 0 Å². The van der Waals surface area contributed by atoms with E-state index in [1.807, 2.05) is 61.5 Å². The molecule has 1 N–H and O–H groups in total. The number of aromatic nitrogens is 1. The lowest BCUT2D eigenvalue weighted by Gasteiger charge is -2.18.